The van der Waals surface area contributed by atoms with Crippen LogP contribution < -0.4 is 4.74 Å². The Bertz CT molecular complexity index is 1010. The van der Waals surface area contributed by atoms with E-state index >= 15 is 0 Å². The summed E-state index contributed by atoms with van der Waals surface area (Å²) in [6.45, 7) is 0.218. The Morgan fingerprint density at radius 2 is 1.78 bits per heavy atom. The summed E-state index contributed by atoms with van der Waals surface area (Å²) in [6, 6.07) is 15.6. The predicted molar refractivity (Wildman–Crippen MR) is 106 cm³/mol. The first kappa shape index (κ1) is 19.7. The summed E-state index contributed by atoms with van der Waals surface area (Å²) in [5.74, 6) is 1.61. The molecule has 0 spiro atoms. The fraction of sp³-hybridized carbons (Fsp3) is 0.222. The lowest BCUT2D eigenvalue weighted by Crippen LogP contribution is -2.09. The molecule has 9 heteroatoms. The van der Waals surface area contributed by atoms with E-state index in [0.29, 0.717) is 32.4 Å². The predicted octanol–water partition coefficient (Wildman–Crippen LogP) is 3.61. The second-order valence-corrected chi connectivity index (χ2v) is 9.24. The highest BCUT2D eigenvalue weighted by Gasteiger charge is 2.16. The first-order chi connectivity index (χ1) is 13.0. The third-order valence-corrected chi connectivity index (χ3v) is 7.13. The average Bonchev–Trinajstić information content (AvgIpc) is 3.02. The maximum absolute atomic E-state index is 12.3. The molecule has 0 radical (unpaired) electrons. The molecule has 0 N–H and O–H groups in total. The molecule has 0 atom stereocenters. The first-order valence-corrected chi connectivity index (χ1v) is 11.1. The van der Waals surface area contributed by atoms with Gasteiger partial charge in [0, 0.05) is 12.8 Å². The molecule has 0 unspecified atom stereocenters. The summed E-state index contributed by atoms with van der Waals surface area (Å²) < 4.78 is 32.1. The third kappa shape index (κ3) is 5.03. The lowest BCUT2D eigenvalue weighted by atomic mass is 10.3. The van der Waals surface area contributed by atoms with E-state index in [1.54, 1.807) is 47.0 Å². The number of ether oxygens (including phenoxy) is 1. The van der Waals surface area contributed by atoms with Gasteiger partial charge in [0.15, 0.2) is 20.8 Å². The molecule has 1 aromatic heterocycles. The molecular formula is C18H18ClN3O3S2. The van der Waals surface area contributed by atoms with Crippen LogP contribution in [0.15, 0.2) is 64.6 Å². The summed E-state index contributed by atoms with van der Waals surface area (Å²) in [7, 11) is -1.49. The van der Waals surface area contributed by atoms with Gasteiger partial charge in [-0.1, -0.05) is 53.7 Å². The van der Waals surface area contributed by atoms with Crippen molar-refractivity contribution in [2.75, 3.05) is 11.5 Å². The fourth-order valence-corrected chi connectivity index (χ4v) is 5.08. The monoisotopic (exact) mass is 423 g/mol. The number of hydrogen-bond acceptors (Lipinski definition) is 6. The van der Waals surface area contributed by atoms with Crippen LogP contribution in [0.25, 0.3) is 0 Å². The van der Waals surface area contributed by atoms with E-state index in [4.69, 9.17) is 16.3 Å². The second kappa shape index (κ2) is 8.77. The molecule has 0 saturated carbocycles. The van der Waals surface area contributed by atoms with E-state index in [-0.39, 0.29) is 12.4 Å². The van der Waals surface area contributed by atoms with Gasteiger partial charge in [-0.05, 0) is 24.3 Å². The Morgan fingerprint density at radius 3 is 2.52 bits per heavy atom. The first-order valence-electron chi connectivity index (χ1n) is 8.13. The number of nitrogens with zero attached hydrogens (tertiary/aromatic N) is 3. The van der Waals surface area contributed by atoms with Crippen molar-refractivity contribution in [2.45, 2.75) is 16.7 Å². The number of sulfone groups is 1. The number of rotatable bonds is 8. The summed E-state index contributed by atoms with van der Waals surface area (Å²) in [5.41, 5.74) is 0. The molecule has 6 nitrogen and oxygen atoms in total. The zero-order valence-electron chi connectivity index (χ0n) is 14.6. The maximum Gasteiger partial charge on any atom is 0.191 e. The van der Waals surface area contributed by atoms with Gasteiger partial charge in [0.25, 0.3) is 0 Å². The highest BCUT2D eigenvalue weighted by Crippen LogP contribution is 2.24. The molecule has 0 saturated heterocycles. The molecule has 0 bridgehead atoms. The molecule has 0 amide bonds. The molecule has 0 aliphatic rings. The molecule has 0 fully saturated rings. The molecule has 3 rings (SSSR count). The Morgan fingerprint density at radius 1 is 1.07 bits per heavy atom. The zero-order chi connectivity index (χ0) is 19.3. The van der Waals surface area contributed by atoms with Gasteiger partial charge >= 0.3 is 0 Å². The zero-order valence-corrected chi connectivity index (χ0v) is 17.0. The van der Waals surface area contributed by atoms with E-state index in [0.717, 1.165) is 0 Å². The van der Waals surface area contributed by atoms with Gasteiger partial charge < -0.3 is 9.30 Å². The minimum atomic E-state index is -3.31. The summed E-state index contributed by atoms with van der Waals surface area (Å²) >= 11 is 7.41. The van der Waals surface area contributed by atoms with Crippen LogP contribution in [0.5, 0.6) is 5.75 Å². The van der Waals surface area contributed by atoms with Crippen molar-refractivity contribution in [3.8, 4) is 5.75 Å². The van der Waals surface area contributed by atoms with Crippen molar-refractivity contribution < 1.29 is 13.2 Å². The van der Waals surface area contributed by atoms with Crippen LogP contribution in [0.4, 0.5) is 0 Å². The topological polar surface area (TPSA) is 74.1 Å². The van der Waals surface area contributed by atoms with Crippen LogP contribution in [0, 0.1) is 0 Å². The van der Waals surface area contributed by atoms with Crippen LogP contribution >= 0.6 is 23.4 Å². The van der Waals surface area contributed by atoms with Gasteiger partial charge in [0.1, 0.15) is 12.4 Å². The number of para-hydroxylation sites is 1. The van der Waals surface area contributed by atoms with E-state index in [1.807, 2.05) is 19.2 Å². The smallest absolute Gasteiger partial charge is 0.191 e. The van der Waals surface area contributed by atoms with Gasteiger partial charge in [-0.2, -0.15) is 0 Å². The SMILES string of the molecule is Cn1c(COc2ccccc2Cl)nnc1SCCS(=O)(=O)c1ccccc1. The largest absolute Gasteiger partial charge is 0.484 e. The number of aromatic nitrogens is 3. The molecule has 3 aromatic rings. The van der Waals surface area contributed by atoms with Gasteiger partial charge in [-0.25, -0.2) is 8.42 Å². The summed E-state index contributed by atoms with van der Waals surface area (Å²) in [4.78, 5) is 0.331. The lowest BCUT2D eigenvalue weighted by Gasteiger charge is -2.08. The quantitative estimate of drug-likeness (QED) is 0.515. The molecular weight excluding hydrogens is 406 g/mol. The highest BCUT2D eigenvalue weighted by molar-refractivity contribution is 8.00. The molecule has 1 heterocycles. The maximum atomic E-state index is 12.3. The molecule has 0 aliphatic heterocycles. The number of thioether (sulfide) groups is 1. The van der Waals surface area contributed by atoms with Gasteiger partial charge in [0.2, 0.25) is 0 Å². The molecule has 2 aromatic carbocycles. The van der Waals surface area contributed by atoms with E-state index in [2.05, 4.69) is 10.2 Å². The van der Waals surface area contributed by atoms with Crippen molar-refractivity contribution in [1.29, 1.82) is 0 Å². The number of halogens is 1. The molecule has 0 aliphatic carbocycles. The van der Waals surface area contributed by atoms with E-state index in [1.165, 1.54) is 11.8 Å². The minimum Gasteiger partial charge on any atom is -0.484 e. The molecule has 27 heavy (non-hydrogen) atoms. The Labute approximate surface area is 167 Å². The average molecular weight is 424 g/mol. The summed E-state index contributed by atoms with van der Waals surface area (Å²) in [5, 5.41) is 9.38. The standard InChI is InChI=1S/C18H18ClN3O3S2/c1-22-17(13-25-16-10-6-5-9-15(16)19)20-21-18(22)26-11-12-27(23,24)14-7-3-2-4-8-14/h2-10H,11-13H2,1H3. The van der Waals surface area contributed by atoms with Gasteiger partial charge in [-0.3, -0.25) is 0 Å². The Balaban J connectivity index is 1.57. The minimum absolute atomic E-state index is 0.0278. The van der Waals surface area contributed by atoms with E-state index < -0.39 is 9.84 Å². The van der Waals surface area contributed by atoms with Gasteiger partial charge in [0.05, 0.1) is 15.7 Å². The van der Waals surface area contributed by atoms with Crippen LogP contribution in [0.3, 0.4) is 0 Å². The van der Waals surface area contributed by atoms with Crippen LogP contribution in [-0.4, -0.2) is 34.7 Å². The van der Waals surface area contributed by atoms with Crippen molar-refractivity contribution in [3.63, 3.8) is 0 Å². The Hall–Kier alpha value is -2.03. The number of benzene rings is 2. The van der Waals surface area contributed by atoms with Crippen LogP contribution in [0.2, 0.25) is 5.02 Å². The van der Waals surface area contributed by atoms with Crippen LogP contribution in [0.1, 0.15) is 5.82 Å². The van der Waals surface area contributed by atoms with Crippen molar-refractivity contribution in [1.82, 2.24) is 14.8 Å². The summed E-state index contributed by atoms with van der Waals surface area (Å²) in [6.07, 6.45) is 0. The van der Waals surface area contributed by atoms with Crippen molar-refractivity contribution in [2.24, 2.45) is 7.05 Å². The normalized spacial score (nSPS) is 11.5. The fourth-order valence-electron chi connectivity index (χ4n) is 2.29. The van der Waals surface area contributed by atoms with Gasteiger partial charge in [-0.15, -0.1) is 10.2 Å². The van der Waals surface area contributed by atoms with Crippen LogP contribution in [-0.2, 0) is 23.5 Å². The highest BCUT2D eigenvalue weighted by atomic mass is 35.5. The van der Waals surface area contributed by atoms with Crippen molar-refractivity contribution in [3.05, 3.63) is 65.4 Å². The van der Waals surface area contributed by atoms with Crippen molar-refractivity contribution >= 4 is 33.2 Å². The third-order valence-electron chi connectivity index (χ3n) is 3.80. The van der Waals surface area contributed by atoms with E-state index in [9.17, 15) is 8.42 Å². The Kier molecular flexibility index (Phi) is 6.41. The molecule has 142 valence electrons. The number of hydrogen-bond donors (Lipinski definition) is 0. The second-order valence-electron chi connectivity index (χ2n) is 5.66. The lowest BCUT2D eigenvalue weighted by molar-refractivity contribution is 0.290.